The third-order valence-electron chi connectivity index (χ3n) is 5.19. The van der Waals surface area contributed by atoms with Crippen LogP contribution < -0.4 is 15.4 Å². The Balaban J connectivity index is 1.39. The van der Waals surface area contributed by atoms with Crippen LogP contribution in [-0.4, -0.2) is 42.4 Å². The number of hydrogen-bond donors (Lipinski definition) is 1. The van der Waals surface area contributed by atoms with Gasteiger partial charge in [0.1, 0.15) is 17.7 Å². The lowest BCUT2D eigenvalue weighted by molar-refractivity contribution is 0.170. The van der Waals surface area contributed by atoms with E-state index in [1.807, 2.05) is 12.1 Å². The molecular weight excluding hydrogens is 328 g/mol. The molecule has 1 aromatic heterocycles. The second-order valence-corrected chi connectivity index (χ2v) is 7.19. The summed E-state index contributed by atoms with van der Waals surface area (Å²) in [4.78, 5) is 11.2. The fourth-order valence-corrected chi connectivity index (χ4v) is 3.62. The molecule has 2 aliphatic rings. The van der Waals surface area contributed by atoms with Crippen LogP contribution in [0.1, 0.15) is 36.4 Å². The van der Waals surface area contributed by atoms with Crippen molar-refractivity contribution in [3.63, 3.8) is 0 Å². The SMILES string of the molecule is Cc1ccc(OC2CCN(c3cc([C@@H]4CCOC4)nc(N)n3)CC2)cc1. The standard InChI is InChI=1S/C20H26N4O2/c1-14-2-4-16(5-3-14)26-17-6-9-24(10-7-17)19-12-18(22-20(21)23-19)15-8-11-25-13-15/h2-5,12,15,17H,6-11,13H2,1H3,(H2,21,22,23)/t15-/m1/s1. The van der Waals surface area contributed by atoms with Gasteiger partial charge in [0.15, 0.2) is 0 Å². The van der Waals surface area contributed by atoms with Gasteiger partial charge in [-0.25, -0.2) is 4.98 Å². The van der Waals surface area contributed by atoms with E-state index in [4.69, 9.17) is 15.2 Å². The Bertz CT molecular complexity index is 736. The normalized spacial score (nSPS) is 21.1. The van der Waals surface area contributed by atoms with Gasteiger partial charge in [-0.15, -0.1) is 0 Å². The van der Waals surface area contributed by atoms with Gasteiger partial charge >= 0.3 is 0 Å². The Morgan fingerprint density at radius 1 is 1.12 bits per heavy atom. The maximum Gasteiger partial charge on any atom is 0.222 e. The van der Waals surface area contributed by atoms with E-state index in [0.29, 0.717) is 11.9 Å². The number of nitrogens with two attached hydrogens (primary N) is 1. The summed E-state index contributed by atoms with van der Waals surface area (Å²) in [5.41, 5.74) is 8.21. The van der Waals surface area contributed by atoms with Crippen LogP contribution in [0.25, 0.3) is 0 Å². The van der Waals surface area contributed by atoms with Crippen molar-refractivity contribution in [3.8, 4) is 5.75 Å². The molecule has 0 spiro atoms. The van der Waals surface area contributed by atoms with E-state index in [0.717, 1.165) is 62.8 Å². The van der Waals surface area contributed by atoms with E-state index in [2.05, 4.69) is 40.0 Å². The lowest BCUT2D eigenvalue weighted by Crippen LogP contribution is -2.39. The third kappa shape index (κ3) is 3.90. The third-order valence-corrected chi connectivity index (χ3v) is 5.19. The number of aromatic nitrogens is 2. The van der Waals surface area contributed by atoms with E-state index in [9.17, 15) is 0 Å². The topological polar surface area (TPSA) is 73.5 Å². The summed E-state index contributed by atoms with van der Waals surface area (Å²) in [6.45, 7) is 5.43. The number of hydrogen-bond acceptors (Lipinski definition) is 6. The first-order valence-electron chi connectivity index (χ1n) is 9.38. The molecule has 1 aromatic carbocycles. The summed E-state index contributed by atoms with van der Waals surface area (Å²) < 4.78 is 11.6. The molecule has 0 aliphatic carbocycles. The van der Waals surface area contributed by atoms with Gasteiger partial charge in [0, 0.05) is 44.5 Å². The van der Waals surface area contributed by atoms with E-state index in [1.165, 1.54) is 5.56 Å². The van der Waals surface area contributed by atoms with E-state index >= 15 is 0 Å². The summed E-state index contributed by atoms with van der Waals surface area (Å²) in [7, 11) is 0. The van der Waals surface area contributed by atoms with Gasteiger partial charge in [0.05, 0.1) is 12.3 Å². The molecule has 1 atom stereocenters. The van der Waals surface area contributed by atoms with Crippen LogP contribution in [0, 0.1) is 6.92 Å². The second-order valence-electron chi connectivity index (χ2n) is 7.19. The van der Waals surface area contributed by atoms with Crippen LogP contribution in [0.2, 0.25) is 0 Å². The van der Waals surface area contributed by atoms with E-state index in [-0.39, 0.29) is 6.10 Å². The van der Waals surface area contributed by atoms with Gasteiger partial charge in [0.2, 0.25) is 5.95 Å². The Kier molecular flexibility index (Phi) is 4.93. The Labute approximate surface area is 154 Å². The second kappa shape index (κ2) is 7.50. The predicted octanol–water partition coefficient (Wildman–Crippen LogP) is 2.92. The van der Waals surface area contributed by atoms with Gasteiger partial charge in [-0.05, 0) is 25.5 Å². The smallest absolute Gasteiger partial charge is 0.222 e. The molecular formula is C20H26N4O2. The van der Waals surface area contributed by atoms with Crippen molar-refractivity contribution in [1.29, 1.82) is 0 Å². The molecule has 2 aliphatic heterocycles. The van der Waals surface area contributed by atoms with Crippen molar-refractivity contribution in [3.05, 3.63) is 41.6 Å². The number of piperidine rings is 1. The summed E-state index contributed by atoms with van der Waals surface area (Å²) >= 11 is 0. The average molecular weight is 354 g/mol. The molecule has 2 N–H and O–H groups in total. The fraction of sp³-hybridized carbons (Fsp3) is 0.500. The van der Waals surface area contributed by atoms with E-state index in [1.54, 1.807) is 0 Å². The van der Waals surface area contributed by atoms with Crippen LogP contribution in [0.4, 0.5) is 11.8 Å². The van der Waals surface area contributed by atoms with Crippen molar-refractivity contribution >= 4 is 11.8 Å². The Morgan fingerprint density at radius 3 is 2.58 bits per heavy atom. The lowest BCUT2D eigenvalue weighted by atomic mass is 10.0. The van der Waals surface area contributed by atoms with Gasteiger partial charge in [0.25, 0.3) is 0 Å². The van der Waals surface area contributed by atoms with Crippen molar-refractivity contribution < 1.29 is 9.47 Å². The zero-order valence-corrected chi connectivity index (χ0v) is 15.2. The molecule has 6 heteroatoms. The maximum absolute atomic E-state index is 6.12. The first-order valence-corrected chi connectivity index (χ1v) is 9.38. The maximum atomic E-state index is 6.12. The Hall–Kier alpha value is -2.34. The number of rotatable bonds is 4. The minimum Gasteiger partial charge on any atom is -0.490 e. The van der Waals surface area contributed by atoms with Crippen molar-refractivity contribution in [1.82, 2.24) is 9.97 Å². The van der Waals surface area contributed by atoms with Crippen LogP contribution in [0.3, 0.4) is 0 Å². The molecule has 2 fully saturated rings. The molecule has 6 nitrogen and oxygen atoms in total. The predicted molar refractivity (Wildman–Crippen MR) is 102 cm³/mol. The summed E-state index contributed by atoms with van der Waals surface area (Å²) in [6, 6.07) is 10.3. The molecule has 0 amide bonds. The monoisotopic (exact) mass is 354 g/mol. The number of nitrogen functional groups attached to an aromatic ring is 1. The van der Waals surface area contributed by atoms with Crippen LogP contribution in [0.5, 0.6) is 5.75 Å². The quantitative estimate of drug-likeness (QED) is 0.910. The van der Waals surface area contributed by atoms with Gasteiger partial charge in [-0.1, -0.05) is 17.7 Å². The number of nitrogens with zero attached hydrogens (tertiary/aromatic N) is 3. The lowest BCUT2D eigenvalue weighted by Gasteiger charge is -2.33. The molecule has 0 unspecified atom stereocenters. The van der Waals surface area contributed by atoms with Crippen LogP contribution in [-0.2, 0) is 4.74 Å². The van der Waals surface area contributed by atoms with Crippen molar-refractivity contribution in [2.75, 3.05) is 36.9 Å². The highest BCUT2D eigenvalue weighted by Crippen LogP contribution is 2.28. The number of benzene rings is 1. The van der Waals surface area contributed by atoms with E-state index < -0.39 is 0 Å². The van der Waals surface area contributed by atoms with Crippen LogP contribution >= 0.6 is 0 Å². The molecule has 3 heterocycles. The first-order chi connectivity index (χ1) is 12.7. The van der Waals surface area contributed by atoms with Gasteiger partial charge in [-0.3, -0.25) is 0 Å². The number of anilines is 2. The summed E-state index contributed by atoms with van der Waals surface area (Å²) in [5.74, 6) is 2.56. The highest BCUT2D eigenvalue weighted by molar-refractivity contribution is 5.45. The van der Waals surface area contributed by atoms with Crippen molar-refractivity contribution in [2.45, 2.75) is 38.2 Å². The average Bonchev–Trinajstić information content (AvgIpc) is 3.19. The molecule has 26 heavy (non-hydrogen) atoms. The molecule has 4 rings (SSSR count). The zero-order chi connectivity index (χ0) is 17.9. The molecule has 2 aromatic rings. The molecule has 0 saturated carbocycles. The molecule has 0 radical (unpaired) electrons. The summed E-state index contributed by atoms with van der Waals surface area (Å²) in [5, 5.41) is 0. The minimum atomic E-state index is 0.246. The minimum absolute atomic E-state index is 0.246. The van der Waals surface area contributed by atoms with Crippen molar-refractivity contribution in [2.24, 2.45) is 0 Å². The van der Waals surface area contributed by atoms with Gasteiger partial charge in [-0.2, -0.15) is 4.98 Å². The van der Waals surface area contributed by atoms with Gasteiger partial charge < -0.3 is 20.1 Å². The molecule has 2 saturated heterocycles. The zero-order valence-electron chi connectivity index (χ0n) is 15.2. The number of aryl methyl sites for hydroxylation is 1. The number of ether oxygens (including phenoxy) is 2. The fourth-order valence-electron chi connectivity index (χ4n) is 3.62. The highest BCUT2D eigenvalue weighted by Gasteiger charge is 2.25. The largest absolute Gasteiger partial charge is 0.490 e. The van der Waals surface area contributed by atoms with Crippen LogP contribution in [0.15, 0.2) is 30.3 Å². The first kappa shape index (κ1) is 17.1. The molecule has 138 valence electrons. The molecule has 0 bridgehead atoms. The Morgan fingerprint density at radius 2 is 1.88 bits per heavy atom. The summed E-state index contributed by atoms with van der Waals surface area (Å²) in [6.07, 6.45) is 3.19. The highest BCUT2D eigenvalue weighted by atomic mass is 16.5.